The molecule has 1 aliphatic rings. The molecule has 0 amide bonds. The second-order valence-electron chi connectivity index (χ2n) is 3.60. The second-order valence-corrected chi connectivity index (χ2v) is 4.57. The van der Waals surface area contributed by atoms with E-state index in [4.69, 9.17) is 0 Å². The van der Waals surface area contributed by atoms with Crippen LogP contribution in [-0.4, -0.2) is 23.0 Å². The van der Waals surface area contributed by atoms with Gasteiger partial charge in [-0.15, -0.1) is 11.3 Å². The number of thiazole rings is 1. The first kappa shape index (κ1) is 8.20. The van der Waals surface area contributed by atoms with E-state index < -0.39 is 0 Å². The Labute approximate surface area is 77.2 Å². The van der Waals surface area contributed by atoms with Crippen LogP contribution in [0.25, 0.3) is 0 Å². The zero-order chi connectivity index (χ0) is 8.39. The van der Waals surface area contributed by atoms with Crippen LogP contribution in [-0.2, 0) is 6.54 Å². The first-order chi connectivity index (χ1) is 5.84. The maximum absolute atomic E-state index is 4.08. The minimum atomic E-state index is 0.887. The van der Waals surface area contributed by atoms with Gasteiger partial charge in [0.15, 0.2) is 0 Å². The van der Waals surface area contributed by atoms with Gasteiger partial charge in [-0.3, -0.25) is 9.88 Å². The number of likely N-dealkylation sites (tertiary alicyclic amines) is 1. The quantitative estimate of drug-likeness (QED) is 0.695. The van der Waals surface area contributed by atoms with Crippen LogP contribution in [0, 0.1) is 5.92 Å². The number of nitrogens with zero attached hydrogens (tertiary/aromatic N) is 2. The summed E-state index contributed by atoms with van der Waals surface area (Å²) in [5.41, 5.74) is 1.91. The number of hydrogen-bond donors (Lipinski definition) is 0. The van der Waals surface area contributed by atoms with Gasteiger partial charge in [0, 0.05) is 24.2 Å². The molecule has 66 valence electrons. The lowest BCUT2D eigenvalue weighted by Gasteiger charge is -2.12. The standard InChI is InChI=1S/C9H14N2S/c1-8-2-3-11(5-8)6-9-4-10-7-12-9/h4,7-8H,2-3,5-6H2,1H3. The van der Waals surface area contributed by atoms with E-state index >= 15 is 0 Å². The Bertz CT molecular complexity index is 233. The summed E-state index contributed by atoms with van der Waals surface area (Å²) in [4.78, 5) is 7.98. The van der Waals surface area contributed by atoms with Crippen LogP contribution in [0.2, 0.25) is 0 Å². The highest BCUT2D eigenvalue weighted by Gasteiger charge is 2.18. The zero-order valence-electron chi connectivity index (χ0n) is 7.36. The number of hydrogen-bond acceptors (Lipinski definition) is 3. The second kappa shape index (κ2) is 3.54. The molecule has 1 atom stereocenters. The van der Waals surface area contributed by atoms with Crippen molar-refractivity contribution in [2.24, 2.45) is 5.92 Å². The minimum absolute atomic E-state index is 0.887. The molecule has 12 heavy (non-hydrogen) atoms. The van der Waals surface area contributed by atoms with Gasteiger partial charge >= 0.3 is 0 Å². The summed E-state index contributed by atoms with van der Waals surface area (Å²) in [6, 6.07) is 0. The molecule has 2 heterocycles. The van der Waals surface area contributed by atoms with Gasteiger partial charge in [-0.25, -0.2) is 0 Å². The van der Waals surface area contributed by atoms with Crippen molar-refractivity contribution in [2.45, 2.75) is 19.9 Å². The van der Waals surface area contributed by atoms with E-state index in [9.17, 15) is 0 Å². The highest BCUT2D eigenvalue weighted by atomic mass is 32.1. The molecule has 0 N–H and O–H groups in total. The Kier molecular flexibility index (Phi) is 2.42. The maximum Gasteiger partial charge on any atom is 0.0794 e. The molecule has 0 saturated carbocycles. The lowest BCUT2D eigenvalue weighted by atomic mass is 10.2. The molecule has 1 aromatic rings. The fraction of sp³-hybridized carbons (Fsp3) is 0.667. The summed E-state index contributed by atoms with van der Waals surface area (Å²) in [5, 5.41) is 0. The van der Waals surface area contributed by atoms with Gasteiger partial charge in [0.25, 0.3) is 0 Å². The Balaban J connectivity index is 1.88. The van der Waals surface area contributed by atoms with E-state index in [-0.39, 0.29) is 0 Å². The van der Waals surface area contributed by atoms with E-state index in [0.717, 1.165) is 12.5 Å². The average molecular weight is 182 g/mol. The van der Waals surface area contributed by atoms with Crippen LogP contribution in [0.4, 0.5) is 0 Å². The molecule has 1 saturated heterocycles. The van der Waals surface area contributed by atoms with Crippen molar-refractivity contribution in [3.8, 4) is 0 Å². The minimum Gasteiger partial charge on any atom is -0.298 e. The van der Waals surface area contributed by atoms with Gasteiger partial charge in [-0.2, -0.15) is 0 Å². The van der Waals surface area contributed by atoms with Crippen molar-refractivity contribution in [3.63, 3.8) is 0 Å². The fourth-order valence-electron chi connectivity index (χ4n) is 1.71. The Hall–Kier alpha value is -0.410. The molecular weight excluding hydrogens is 168 g/mol. The predicted molar refractivity (Wildman–Crippen MR) is 51.2 cm³/mol. The molecule has 2 nitrogen and oxygen atoms in total. The maximum atomic E-state index is 4.08. The Morgan fingerprint density at radius 2 is 2.67 bits per heavy atom. The van der Waals surface area contributed by atoms with Crippen LogP contribution < -0.4 is 0 Å². The van der Waals surface area contributed by atoms with Crippen LogP contribution >= 0.6 is 11.3 Å². The Morgan fingerprint density at radius 3 is 3.25 bits per heavy atom. The number of rotatable bonds is 2. The Morgan fingerprint density at radius 1 is 1.75 bits per heavy atom. The van der Waals surface area contributed by atoms with Crippen molar-refractivity contribution in [1.29, 1.82) is 0 Å². The summed E-state index contributed by atoms with van der Waals surface area (Å²) < 4.78 is 0. The SMILES string of the molecule is CC1CCN(Cc2cncs2)C1. The molecule has 0 aliphatic carbocycles. The highest BCUT2D eigenvalue weighted by molar-refractivity contribution is 7.09. The molecule has 2 rings (SSSR count). The van der Waals surface area contributed by atoms with Crippen molar-refractivity contribution in [3.05, 3.63) is 16.6 Å². The van der Waals surface area contributed by atoms with E-state index in [0.29, 0.717) is 0 Å². The van der Waals surface area contributed by atoms with Crippen molar-refractivity contribution in [2.75, 3.05) is 13.1 Å². The molecule has 0 aromatic carbocycles. The topological polar surface area (TPSA) is 16.1 Å². The van der Waals surface area contributed by atoms with Crippen LogP contribution in [0.5, 0.6) is 0 Å². The summed E-state index contributed by atoms with van der Waals surface area (Å²) in [6.45, 7) is 5.96. The lowest BCUT2D eigenvalue weighted by molar-refractivity contribution is 0.323. The molecule has 1 aliphatic heterocycles. The molecule has 1 unspecified atom stereocenters. The smallest absolute Gasteiger partial charge is 0.0794 e. The zero-order valence-corrected chi connectivity index (χ0v) is 8.18. The van der Waals surface area contributed by atoms with Gasteiger partial charge in [-0.1, -0.05) is 6.92 Å². The van der Waals surface area contributed by atoms with Gasteiger partial charge in [0.1, 0.15) is 0 Å². The van der Waals surface area contributed by atoms with Crippen LogP contribution in [0.1, 0.15) is 18.2 Å². The van der Waals surface area contributed by atoms with E-state index in [1.807, 2.05) is 11.7 Å². The van der Waals surface area contributed by atoms with E-state index in [2.05, 4.69) is 16.8 Å². The molecular formula is C9H14N2S. The monoisotopic (exact) mass is 182 g/mol. The first-order valence-electron chi connectivity index (χ1n) is 4.44. The third-order valence-electron chi connectivity index (χ3n) is 2.37. The van der Waals surface area contributed by atoms with Gasteiger partial charge in [0.05, 0.1) is 5.51 Å². The lowest BCUT2D eigenvalue weighted by Crippen LogP contribution is -2.18. The number of aromatic nitrogens is 1. The molecule has 1 fully saturated rings. The predicted octanol–water partition coefficient (Wildman–Crippen LogP) is 1.98. The molecule has 0 bridgehead atoms. The van der Waals surface area contributed by atoms with Crippen LogP contribution in [0.3, 0.4) is 0 Å². The normalized spacial score (nSPS) is 24.9. The average Bonchev–Trinajstić information content (AvgIpc) is 2.63. The molecule has 3 heteroatoms. The summed E-state index contributed by atoms with van der Waals surface area (Å²) in [6.07, 6.45) is 3.34. The molecule has 1 aromatic heterocycles. The largest absolute Gasteiger partial charge is 0.298 e. The van der Waals surface area contributed by atoms with E-state index in [1.165, 1.54) is 24.4 Å². The van der Waals surface area contributed by atoms with Gasteiger partial charge in [-0.05, 0) is 18.9 Å². The van der Waals surface area contributed by atoms with Crippen molar-refractivity contribution in [1.82, 2.24) is 9.88 Å². The third kappa shape index (κ3) is 1.84. The summed E-state index contributed by atoms with van der Waals surface area (Å²) in [5.74, 6) is 0.887. The third-order valence-corrected chi connectivity index (χ3v) is 3.14. The molecule has 0 radical (unpaired) electrons. The van der Waals surface area contributed by atoms with Crippen molar-refractivity contribution >= 4 is 11.3 Å². The summed E-state index contributed by atoms with van der Waals surface area (Å²) >= 11 is 1.76. The van der Waals surface area contributed by atoms with Crippen molar-refractivity contribution < 1.29 is 0 Å². The van der Waals surface area contributed by atoms with Gasteiger partial charge < -0.3 is 0 Å². The van der Waals surface area contributed by atoms with Gasteiger partial charge in [0.2, 0.25) is 0 Å². The molecule has 0 spiro atoms. The highest BCUT2D eigenvalue weighted by Crippen LogP contribution is 2.18. The van der Waals surface area contributed by atoms with Crippen LogP contribution in [0.15, 0.2) is 11.7 Å². The fourth-order valence-corrected chi connectivity index (χ4v) is 2.35. The first-order valence-corrected chi connectivity index (χ1v) is 5.32. The van der Waals surface area contributed by atoms with E-state index in [1.54, 1.807) is 11.3 Å². The summed E-state index contributed by atoms with van der Waals surface area (Å²) in [7, 11) is 0.